The van der Waals surface area contributed by atoms with Crippen molar-refractivity contribution in [1.29, 1.82) is 0 Å². The van der Waals surface area contributed by atoms with Gasteiger partial charge in [-0.05, 0) is 40.8 Å². The van der Waals surface area contributed by atoms with Crippen molar-refractivity contribution in [3.05, 3.63) is 48.2 Å². The number of nitrogens with zero attached hydrogens (tertiary/aromatic N) is 4. The molecule has 0 unspecified atom stereocenters. The first-order chi connectivity index (χ1) is 9.28. The highest BCUT2D eigenvalue weighted by Gasteiger charge is 2.11. The summed E-state index contributed by atoms with van der Waals surface area (Å²) in [5.74, 6) is -0.0413. The molecule has 0 radical (unpaired) electrons. The van der Waals surface area contributed by atoms with E-state index in [0.717, 1.165) is 0 Å². The topological polar surface area (TPSA) is 73.8 Å². The van der Waals surface area contributed by atoms with Gasteiger partial charge in [0.25, 0.3) is 0 Å². The van der Waals surface area contributed by atoms with E-state index in [1.807, 2.05) is 0 Å². The Labute approximate surface area is 106 Å². The third kappa shape index (κ3) is 2.01. The average molecular weight is 258 g/mol. The Hall–Kier alpha value is -2.83. The number of aromatic nitrogens is 4. The lowest BCUT2D eigenvalue weighted by Gasteiger charge is -2.03. The van der Waals surface area contributed by atoms with Crippen molar-refractivity contribution in [2.45, 2.75) is 0 Å². The van der Waals surface area contributed by atoms with Crippen LogP contribution in [0.2, 0.25) is 0 Å². The number of aldehydes is 1. The fraction of sp³-hybridized carbons (Fsp3) is 0. The number of hydrogen-bond acceptors (Lipinski definition) is 5. The molecule has 0 saturated heterocycles. The Kier molecular flexibility index (Phi) is 2.64. The smallest absolute Gasteiger partial charge is 0.185 e. The predicted octanol–water partition coefficient (Wildman–Crippen LogP) is 1.87. The SMILES string of the molecule is O=Cc1ccc(-c2cc(-n3cnnn3)ccc2F)o1. The van der Waals surface area contributed by atoms with E-state index in [9.17, 15) is 9.18 Å². The Morgan fingerprint density at radius 2 is 2.16 bits per heavy atom. The van der Waals surface area contributed by atoms with E-state index < -0.39 is 5.82 Å². The number of carbonyl (C=O) groups is 1. The maximum atomic E-state index is 13.8. The van der Waals surface area contributed by atoms with Crippen molar-refractivity contribution in [3.63, 3.8) is 0 Å². The zero-order valence-electron chi connectivity index (χ0n) is 9.52. The summed E-state index contributed by atoms with van der Waals surface area (Å²) in [5.41, 5.74) is 0.826. The first kappa shape index (κ1) is 11.3. The highest BCUT2D eigenvalue weighted by atomic mass is 19.1. The number of rotatable bonds is 3. The molecule has 0 bridgehead atoms. The molecule has 0 saturated carbocycles. The Balaban J connectivity index is 2.10. The van der Waals surface area contributed by atoms with Crippen LogP contribution in [0.1, 0.15) is 10.6 Å². The molecule has 19 heavy (non-hydrogen) atoms. The van der Waals surface area contributed by atoms with Crippen LogP contribution in [0, 0.1) is 5.82 Å². The Morgan fingerprint density at radius 3 is 2.84 bits per heavy atom. The van der Waals surface area contributed by atoms with Crippen molar-refractivity contribution >= 4 is 6.29 Å². The van der Waals surface area contributed by atoms with Gasteiger partial charge in [0.15, 0.2) is 12.0 Å². The molecule has 6 nitrogen and oxygen atoms in total. The van der Waals surface area contributed by atoms with Gasteiger partial charge in [-0.15, -0.1) is 5.10 Å². The van der Waals surface area contributed by atoms with Crippen molar-refractivity contribution in [1.82, 2.24) is 20.2 Å². The Bertz CT molecular complexity index is 721. The molecule has 2 aromatic heterocycles. The van der Waals surface area contributed by atoms with Crippen LogP contribution in [0.25, 0.3) is 17.0 Å². The van der Waals surface area contributed by atoms with Gasteiger partial charge in [0.1, 0.15) is 17.9 Å². The lowest BCUT2D eigenvalue weighted by atomic mass is 10.1. The van der Waals surface area contributed by atoms with Crippen LogP contribution >= 0.6 is 0 Å². The van der Waals surface area contributed by atoms with Crippen LogP contribution in [0.3, 0.4) is 0 Å². The molecule has 0 N–H and O–H groups in total. The van der Waals surface area contributed by atoms with E-state index in [0.29, 0.717) is 12.0 Å². The quantitative estimate of drug-likeness (QED) is 0.670. The normalized spacial score (nSPS) is 10.6. The second kappa shape index (κ2) is 4.45. The maximum absolute atomic E-state index is 13.8. The van der Waals surface area contributed by atoms with Crippen LogP contribution in [0.4, 0.5) is 4.39 Å². The van der Waals surface area contributed by atoms with Gasteiger partial charge in [0, 0.05) is 0 Å². The summed E-state index contributed by atoms with van der Waals surface area (Å²) in [6, 6.07) is 7.38. The minimum Gasteiger partial charge on any atom is -0.453 e. The zero-order chi connectivity index (χ0) is 13.2. The molecule has 0 aliphatic carbocycles. The van der Waals surface area contributed by atoms with Gasteiger partial charge in [-0.2, -0.15) is 0 Å². The first-order valence-electron chi connectivity index (χ1n) is 5.36. The molecule has 3 rings (SSSR count). The van der Waals surface area contributed by atoms with Crippen LogP contribution < -0.4 is 0 Å². The summed E-state index contributed by atoms with van der Waals surface area (Å²) in [4.78, 5) is 10.6. The predicted molar refractivity (Wildman–Crippen MR) is 62.2 cm³/mol. The van der Waals surface area contributed by atoms with Gasteiger partial charge in [-0.25, -0.2) is 9.07 Å². The van der Waals surface area contributed by atoms with E-state index in [1.165, 1.54) is 29.2 Å². The number of carbonyl (C=O) groups excluding carboxylic acids is 1. The number of tetrazole rings is 1. The molecule has 2 heterocycles. The molecule has 94 valence electrons. The molecule has 1 aromatic carbocycles. The molecule has 0 aliphatic rings. The molecule has 0 fully saturated rings. The van der Waals surface area contributed by atoms with Crippen LogP contribution in [0.15, 0.2) is 41.1 Å². The molecule has 0 aliphatic heterocycles. The average Bonchev–Trinajstić information content (AvgIpc) is 3.10. The fourth-order valence-electron chi connectivity index (χ4n) is 1.69. The number of hydrogen-bond donors (Lipinski definition) is 0. The van der Waals surface area contributed by atoms with Crippen LogP contribution in [-0.2, 0) is 0 Å². The second-order valence-corrected chi connectivity index (χ2v) is 3.74. The third-order valence-corrected chi connectivity index (χ3v) is 2.57. The minimum absolute atomic E-state index is 0.141. The summed E-state index contributed by atoms with van der Waals surface area (Å²) < 4.78 is 20.4. The van der Waals surface area contributed by atoms with E-state index in [2.05, 4.69) is 15.5 Å². The van der Waals surface area contributed by atoms with E-state index in [-0.39, 0.29) is 17.1 Å². The third-order valence-electron chi connectivity index (χ3n) is 2.57. The summed E-state index contributed by atoms with van der Waals surface area (Å²) >= 11 is 0. The van der Waals surface area contributed by atoms with Crippen LogP contribution in [-0.4, -0.2) is 26.5 Å². The molecule has 3 aromatic rings. The van der Waals surface area contributed by atoms with E-state index >= 15 is 0 Å². The second-order valence-electron chi connectivity index (χ2n) is 3.74. The van der Waals surface area contributed by atoms with Crippen molar-refractivity contribution < 1.29 is 13.6 Å². The van der Waals surface area contributed by atoms with Crippen molar-refractivity contribution in [3.8, 4) is 17.0 Å². The largest absolute Gasteiger partial charge is 0.453 e. The standard InChI is InChI=1S/C12H7FN4O2/c13-11-3-1-8(17-7-14-15-16-17)5-10(11)12-4-2-9(6-18)19-12/h1-7H. The van der Waals surface area contributed by atoms with Gasteiger partial charge in [-0.3, -0.25) is 4.79 Å². The molecule has 7 heteroatoms. The molecule has 0 spiro atoms. The van der Waals surface area contributed by atoms with Gasteiger partial charge < -0.3 is 4.42 Å². The Morgan fingerprint density at radius 1 is 1.26 bits per heavy atom. The molecular weight excluding hydrogens is 251 g/mol. The van der Waals surface area contributed by atoms with Crippen LogP contribution in [0.5, 0.6) is 0 Å². The maximum Gasteiger partial charge on any atom is 0.185 e. The summed E-state index contributed by atoms with van der Waals surface area (Å²) in [6.07, 6.45) is 1.96. The summed E-state index contributed by atoms with van der Waals surface area (Å²) in [5, 5.41) is 10.7. The summed E-state index contributed by atoms with van der Waals surface area (Å²) in [7, 11) is 0. The van der Waals surface area contributed by atoms with Crippen molar-refractivity contribution in [2.75, 3.05) is 0 Å². The molecule has 0 amide bonds. The fourth-order valence-corrected chi connectivity index (χ4v) is 1.69. The number of furan rings is 1. The number of benzene rings is 1. The number of halogens is 1. The highest BCUT2D eigenvalue weighted by Crippen LogP contribution is 2.26. The van der Waals surface area contributed by atoms with Gasteiger partial charge >= 0.3 is 0 Å². The van der Waals surface area contributed by atoms with E-state index in [1.54, 1.807) is 12.1 Å². The minimum atomic E-state index is -0.455. The highest BCUT2D eigenvalue weighted by molar-refractivity contribution is 5.73. The van der Waals surface area contributed by atoms with Crippen molar-refractivity contribution in [2.24, 2.45) is 0 Å². The lowest BCUT2D eigenvalue weighted by Crippen LogP contribution is -1.96. The molecule has 0 atom stereocenters. The molecular formula is C12H7FN4O2. The monoisotopic (exact) mass is 258 g/mol. The van der Waals surface area contributed by atoms with E-state index in [4.69, 9.17) is 4.42 Å². The summed E-state index contributed by atoms with van der Waals surface area (Å²) in [6.45, 7) is 0. The zero-order valence-corrected chi connectivity index (χ0v) is 9.52. The van der Waals surface area contributed by atoms with Gasteiger partial charge in [0.05, 0.1) is 11.3 Å². The van der Waals surface area contributed by atoms with Gasteiger partial charge in [0.2, 0.25) is 0 Å². The first-order valence-corrected chi connectivity index (χ1v) is 5.36. The lowest BCUT2D eigenvalue weighted by molar-refractivity contribution is 0.110. The van der Waals surface area contributed by atoms with Gasteiger partial charge in [-0.1, -0.05) is 0 Å².